The van der Waals surface area contributed by atoms with Gasteiger partial charge >= 0.3 is 0 Å². The number of amides is 1. The molecule has 0 aromatic heterocycles. The molecule has 1 amide bonds. The summed E-state index contributed by atoms with van der Waals surface area (Å²) < 4.78 is 10.4. The summed E-state index contributed by atoms with van der Waals surface area (Å²) in [5.74, 6) is 0.688. The summed E-state index contributed by atoms with van der Waals surface area (Å²) in [6, 6.07) is 12.8. The molecule has 0 saturated carbocycles. The van der Waals surface area contributed by atoms with Gasteiger partial charge in [-0.25, -0.2) is 0 Å². The predicted octanol–water partition coefficient (Wildman–Crippen LogP) is 3.87. The minimum atomic E-state index is -0.464. The maximum Gasteiger partial charge on any atom is 0.266 e. The minimum Gasteiger partial charge on any atom is -0.497 e. The number of ether oxygens (including phenoxy) is 2. The highest BCUT2D eigenvalue weighted by atomic mass is 16.5. The number of hydrogen-bond donors (Lipinski definition) is 1. The molecule has 5 nitrogen and oxygen atoms in total. The normalized spacial score (nSPS) is 10.8. The molecule has 1 N–H and O–H groups in total. The van der Waals surface area contributed by atoms with E-state index in [4.69, 9.17) is 9.47 Å². The average Bonchev–Trinajstić information content (AvgIpc) is 2.63. The molecule has 2 aromatic carbocycles. The quantitative estimate of drug-likeness (QED) is 0.665. The Morgan fingerprint density at radius 2 is 1.92 bits per heavy atom. The number of anilines is 1. The van der Waals surface area contributed by atoms with E-state index < -0.39 is 5.91 Å². The summed E-state index contributed by atoms with van der Waals surface area (Å²) in [4.78, 5) is 12.5. The first kappa shape index (κ1) is 18.1. The summed E-state index contributed by atoms with van der Waals surface area (Å²) in [6.45, 7) is 3.89. The fourth-order valence-electron chi connectivity index (χ4n) is 2.32. The van der Waals surface area contributed by atoms with Gasteiger partial charge in [-0.3, -0.25) is 4.79 Å². The Kier molecular flexibility index (Phi) is 5.80. The second-order valence-electron chi connectivity index (χ2n) is 5.48. The Balaban J connectivity index is 2.33. The molecule has 2 aromatic rings. The van der Waals surface area contributed by atoms with E-state index in [9.17, 15) is 10.1 Å². The molecule has 0 radical (unpaired) electrons. The van der Waals surface area contributed by atoms with Crippen LogP contribution in [0.3, 0.4) is 0 Å². The van der Waals surface area contributed by atoms with E-state index in [0.717, 1.165) is 11.1 Å². The summed E-state index contributed by atoms with van der Waals surface area (Å²) in [7, 11) is 3.08. The van der Waals surface area contributed by atoms with Crippen LogP contribution in [-0.4, -0.2) is 20.1 Å². The predicted molar refractivity (Wildman–Crippen MR) is 97.7 cm³/mol. The highest BCUT2D eigenvalue weighted by molar-refractivity contribution is 6.10. The summed E-state index contributed by atoms with van der Waals surface area (Å²) in [6.07, 6.45) is 1.50. The van der Waals surface area contributed by atoms with Gasteiger partial charge in [0.05, 0.1) is 14.2 Å². The van der Waals surface area contributed by atoms with Crippen LogP contribution in [0, 0.1) is 25.2 Å². The van der Waals surface area contributed by atoms with Gasteiger partial charge in [-0.1, -0.05) is 12.1 Å². The number of nitrogens with zero attached hydrogens (tertiary/aromatic N) is 1. The Bertz CT molecular complexity index is 864. The van der Waals surface area contributed by atoms with Crippen molar-refractivity contribution in [2.75, 3.05) is 19.5 Å². The molecule has 0 saturated heterocycles. The topological polar surface area (TPSA) is 71.3 Å². The van der Waals surface area contributed by atoms with E-state index in [1.807, 2.05) is 38.1 Å². The van der Waals surface area contributed by atoms with Crippen LogP contribution in [0.2, 0.25) is 0 Å². The van der Waals surface area contributed by atoms with Gasteiger partial charge < -0.3 is 14.8 Å². The number of rotatable bonds is 5. The molecule has 0 fully saturated rings. The summed E-state index contributed by atoms with van der Waals surface area (Å²) in [5, 5.41) is 12.2. The molecular weight excluding hydrogens is 316 g/mol. The van der Waals surface area contributed by atoms with E-state index in [-0.39, 0.29) is 5.57 Å². The lowest BCUT2D eigenvalue weighted by atomic mass is 10.1. The van der Waals surface area contributed by atoms with Crippen molar-refractivity contribution in [2.24, 2.45) is 0 Å². The van der Waals surface area contributed by atoms with E-state index in [0.29, 0.717) is 22.7 Å². The van der Waals surface area contributed by atoms with Crippen LogP contribution in [0.15, 0.2) is 42.0 Å². The fraction of sp³-hybridized carbons (Fsp3) is 0.200. The molecule has 0 heterocycles. The zero-order valence-corrected chi connectivity index (χ0v) is 14.7. The molecule has 5 heteroatoms. The van der Waals surface area contributed by atoms with Crippen molar-refractivity contribution < 1.29 is 14.3 Å². The molecule has 128 valence electrons. The smallest absolute Gasteiger partial charge is 0.266 e. The molecule has 0 atom stereocenters. The Morgan fingerprint density at radius 3 is 2.56 bits per heavy atom. The van der Waals surface area contributed by atoms with Gasteiger partial charge in [0.2, 0.25) is 0 Å². The van der Waals surface area contributed by atoms with Gasteiger partial charge in [0.25, 0.3) is 5.91 Å². The number of benzene rings is 2. The van der Waals surface area contributed by atoms with E-state index in [2.05, 4.69) is 5.32 Å². The molecule has 0 aliphatic carbocycles. The zero-order valence-electron chi connectivity index (χ0n) is 14.7. The third kappa shape index (κ3) is 4.18. The van der Waals surface area contributed by atoms with Gasteiger partial charge in [0.15, 0.2) is 0 Å². The standard InChI is InChI=1S/C20H20N2O3/c1-13-6-5-7-18(14(13)2)22-20(23)16(12-21)10-15-8-9-17(24-3)11-19(15)25-4/h5-11H,1-4H3,(H,22,23)/b16-10+. The van der Waals surface area contributed by atoms with Gasteiger partial charge in [-0.2, -0.15) is 5.26 Å². The Morgan fingerprint density at radius 1 is 1.16 bits per heavy atom. The first-order valence-corrected chi connectivity index (χ1v) is 7.71. The highest BCUT2D eigenvalue weighted by Crippen LogP contribution is 2.27. The average molecular weight is 336 g/mol. The third-order valence-electron chi connectivity index (χ3n) is 3.96. The van der Waals surface area contributed by atoms with Crippen molar-refractivity contribution in [3.05, 3.63) is 58.7 Å². The highest BCUT2D eigenvalue weighted by Gasteiger charge is 2.13. The molecule has 2 rings (SSSR count). The van der Waals surface area contributed by atoms with Gasteiger partial charge in [-0.05, 0) is 49.2 Å². The van der Waals surface area contributed by atoms with Crippen molar-refractivity contribution in [3.8, 4) is 17.6 Å². The van der Waals surface area contributed by atoms with E-state index in [1.165, 1.54) is 13.2 Å². The number of methoxy groups -OCH3 is 2. The van der Waals surface area contributed by atoms with Crippen molar-refractivity contribution in [1.29, 1.82) is 5.26 Å². The lowest BCUT2D eigenvalue weighted by Gasteiger charge is -2.10. The zero-order chi connectivity index (χ0) is 18.4. The monoisotopic (exact) mass is 336 g/mol. The van der Waals surface area contributed by atoms with Crippen molar-refractivity contribution in [2.45, 2.75) is 13.8 Å². The maximum atomic E-state index is 12.5. The number of carbonyl (C=O) groups is 1. The molecule has 0 spiro atoms. The first-order valence-electron chi connectivity index (χ1n) is 7.71. The lowest BCUT2D eigenvalue weighted by Crippen LogP contribution is -2.14. The van der Waals surface area contributed by atoms with Crippen LogP contribution in [0.5, 0.6) is 11.5 Å². The van der Waals surface area contributed by atoms with Crippen LogP contribution < -0.4 is 14.8 Å². The van der Waals surface area contributed by atoms with Crippen molar-refractivity contribution in [1.82, 2.24) is 0 Å². The van der Waals surface area contributed by atoms with Crippen LogP contribution in [0.1, 0.15) is 16.7 Å². The number of carbonyl (C=O) groups excluding carboxylic acids is 1. The molecule has 0 aliphatic heterocycles. The summed E-state index contributed by atoms with van der Waals surface area (Å²) >= 11 is 0. The Hall–Kier alpha value is -3.26. The van der Waals surface area contributed by atoms with Crippen molar-refractivity contribution in [3.63, 3.8) is 0 Å². The van der Waals surface area contributed by atoms with Crippen LogP contribution >= 0.6 is 0 Å². The number of hydrogen-bond acceptors (Lipinski definition) is 4. The second-order valence-corrected chi connectivity index (χ2v) is 5.48. The fourth-order valence-corrected chi connectivity index (χ4v) is 2.32. The number of nitrogens with one attached hydrogen (secondary N) is 1. The Labute approximate surface area is 147 Å². The maximum absolute atomic E-state index is 12.5. The molecule has 0 aliphatic rings. The molecule has 0 unspecified atom stereocenters. The molecule has 25 heavy (non-hydrogen) atoms. The first-order chi connectivity index (χ1) is 12.0. The third-order valence-corrected chi connectivity index (χ3v) is 3.96. The van der Waals surface area contributed by atoms with Gasteiger partial charge in [-0.15, -0.1) is 0 Å². The van der Waals surface area contributed by atoms with Crippen LogP contribution in [-0.2, 0) is 4.79 Å². The second kappa shape index (κ2) is 8.02. The van der Waals surface area contributed by atoms with Crippen LogP contribution in [0.25, 0.3) is 6.08 Å². The van der Waals surface area contributed by atoms with E-state index >= 15 is 0 Å². The van der Waals surface area contributed by atoms with Crippen LogP contribution in [0.4, 0.5) is 5.69 Å². The summed E-state index contributed by atoms with van der Waals surface area (Å²) in [5.41, 5.74) is 3.33. The van der Waals surface area contributed by atoms with Gasteiger partial charge in [0.1, 0.15) is 23.1 Å². The number of aryl methyl sites for hydroxylation is 1. The molecule has 0 bridgehead atoms. The lowest BCUT2D eigenvalue weighted by molar-refractivity contribution is -0.112. The SMILES string of the molecule is COc1ccc(/C=C(\C#N)C(=O)Nc2cccc(C)c2C)c(OC)c1. The number of nitriles is 1. The minimum absolute atomic E-state index is 0.00984. The van der Waals surface area contributed by atoms with Crippen molar-refractivity contribution >= 4 is 17.7 Å². The van der Waals surface area contributed by atoms with Gasteiger partial charge in [0, 0.05) is 17.3 Å². The largest absolute Gasteiger partial charge is 0.497 e. The molecular formula is C20H20N2O3. The van der Waals surface area contributed by atoms with E-state index in [1.54, 1.807) is 25.3 Å².